The van der Waals surface area contributed by atoms with Gasteiger partial charge in [0, 0.05) is 18.8 Å². The molecule has 8 heteroatoms. The summed E-state index contributed by atoms with van der Waals surface area (Å²) in [4.78, 5) is 6.51. The van der Waals surface area contributed by atoms with Crippen molar-refractivity contribution >= 4 is 47.1 Å². The summed E-state index contributed by atoms with van der Waals surface area (Å²) in [7, 11) is 0. The average Bonchev–Trinajstić information content (AvgIpc) is 3.10. The van der Waals surface area contributed by atoms with E-state index in [9.17, 15) is 4.39 Å². The molecule has 0 radical (unpaired) electrons. The van der Waals surface area contributed by atoms with E-state index in [1.165, 1.54) is 12.1 Å². The molecule has 0 bridgehead atoms. The Morgan fingerprint density at radius 3 is 2.22 bits per heavy atom. The van der Waals surface area contributed by atoms with Crippen LogP contribution in [-0.4, -0.2) is 24.2 Å². The van der Waals surface area contributed by atoms with Gasteiger partial charge >= 0.3 is 0 Å². The molecule has 0 amide bonds. The summed E-state index contributed by atoms with van der Waals surface area (Å²) in [5.74, 6) is 0.529. The number of rotatable bonds is 4. The number of benzene rings is 2. The number of thiocarbonyl (C=S) groups is 1. The van der Waals surface area contributed by atoms with Crippen LogP contribution in [0.15, 0.2) is 41.4 Å². The van der Waals surface area contributed by atoms with Crippen molar-refractivity contribution in [1.29, 1.82) is 0 Å². The SMILES string of the molecule is Cc1cc(N(Cc2ccc(F)cc2)C(N)=S)cc(C)c1N=C1NCCN1.Cl. The van der Waals surface area contributed by atoms with Gasteiger partial charge in [-0.15, -0.1) is 12.4 Å². The van der Waals surface area contributed by atoms with E-state index >= 15 is 0 Å². The van der Waals surface area contributed by atoms with Crippen molar-refractivity contribution in [3.05, 3.63) is 58.9 Å². The smallest absolute Gasteiger partial charge is 0.196 e. The van der Waals surface area contributed by atoms with Crippen LogP contribution < -0.4 is 21.3 Å². The second-order valence-electron chi connectivity index (χ2n) is 6.29. The van der Waals surface area contributed by atoms with Crippen molar-refractivity contribution < 1.29 is 4.39 Å². The number of nitrogens with one attached hydrogen (secondary N) is 2. The van der Waals surface area contributed by atoms with Crippen LogP contribution in [-0.2, 0) is 6.54 Å². The van der Waals surface area contributed by atoms with E-state index in [0.717, 1.165) is 47.1 Å². The molecule has 144 valence electrons. The van der Waals surface area contributed by atoms with E-state index < -0.39 is 0 Å². The van der Waals surface area contributed by atoms with Gasteiger partial charge < -0.3 is 21.3 Å². The van der Waals surface area contributed by atoms with Crippen LogP contribution in [0.25, 0.3) is 0 Å². The first-order chi connectivity index (χ1) is 12.4. The number of halogens is 2. The molecule has 1 aliphatic heterocycles. The molecule has 1 heterocycles. The van der Waals surface area contributed by atoms with E-state index in [4.69, 9.17) is 18.0 Å². The lowest BCUT2D eigenvalue weighted by Gasteiger charge is -2.24. The third kappa shape index (κ3) is 5.08. The minimum atomic E-state index is -0.264. The Hall–Kier alpha value is -2.38. The fourth-order valence-electron chi connectivity index (χ4n) is 2.95. The molecule has 0 aliphatic carbocycles. The Morgan fingerprint density at radius 1 is 1.15 bits per heavy atom. The molecule has 2 aromatic rings. The molecule has 4 N–H and O–H groups in total. The predicted octanol–water partition coefficient (Wildman–Crippen LogP) is 3.29. The number of nitrogens with zero attached hydrogens (tertiary/aromatic N) is 2. The molecule has 0 spiro atoms. The van der Waals surface area contributed by atoms with E-state index in [2.05, 4.69) is 15.6 Å². The number of anilines is 1. The summed E-state index contributed by atoms with van der Waals surface area (Å²) < 4.78 is 13.1. The first-order valence-corrected chi connectivity index (χ1v) is 8.84. The summed E-state index contributed by atoms with van der Waals surface area (Å²) in [6.07, 6.45) is 0. The van der Waals surface area contributed by atoms with Crippen molar-refractivity contribution in [2.45, 2.75) is 20.4 Å². The molecule has 0 atom stereocenters. The number of nitrogens with two attached hydrogens (primary N) is 1. The van der Waals surface area contributed by atoms with Gasteiger partial charge in [-0.1, -0.05) is 12.1 Å². The molecular weight excluding hydrogens is 385 g/mol. The zero-order valence-electron chi connectivity index (χ0n) is 15.3. The fourth-order valence-corrected chi connectivity index (χ4v) is 3.12. The van der Waals surface area contributed by atoms with Crippen molar-refractivity contribution in [1.82, 2.24) is 10.6 Å². The summed E-state index contributed by atoms with van der Waals surface area (Å²) in [5.41, 5.74) is 10.8. The maximum absolute atomic E-state index is 13.1. The molecule has 1 fully saturated rings. The average molecular weight is 408 g/mol. The predicted molar refractivity (Wildman–Crippen MR) is 116 cm³/mol. The maximum atomic E-state index is 13.1. The number of aryl methyl sites for hydroxylation is 2. The minimum absolute atomic E-state index is 0. The van der Waals surface area contributed by atoms with Crippen molar-refractivity contribution in [3.63, 3.8) is 0 Å². The highest BCUT2D eigenvalue weighted by Crippen LogP contribution is 2.30. The zero-order chi connectivity index (χ0) is 18.7. The Bertz CT molecular complexity index is 823. The molecule has 27 heavy (non-hydrogen) atoms. The Balaban J connectivity index is 0.00000261. The van der Waals surface area contributed by atoms with Crippen LogP contribution in [0.3, 0.4) is 0 Å². The number of hydrogen-bond donors (Lipinski definition) is 3. The highest BCUT2D eigenvalue weighted by Gasteiger charge is 2.15. The van der Waals surface area contributed by atoms with Gasteiger partial charge in [-0.05, 0) is 67.0 Å². The summed E-state index contributed by atoms with van der Waals surface area (Å²) >= 11 is 5.24. The van der Waals surface area contributed by atoms with E-state index in [0.29, 0.717) is 6.54 Å². The molecule has 5 nitrogen and oxygen atoms in total. The second kappa shape index (κ2) is 9.01. The normalized spacial score (nSPS) is 12.6. The highest BCUT2D eigenvalue weighted by atomic mass is 35.5. The van der Waals surface area contributed by atoms with E-state index in [-0.39, 0.29) is 23.3 Å². The molecule has 1 saturated heterocycles. The number of hydrogen-bond acceptors (Lipinski definition) is 2. The van der Waals surface area contributed by atoms with Crippen LogP contribution in [0.2, 0.25) is 0 Å². The first kappa shape index (κ1) is 20.9. The summed E-state index contributed by atoms with van der Waals surface area (Å²) in [5, 5.41) is 6.69. The van der Waals surface area contributed by atoms with Crippen LogP contribution in [0.4, 0.5) is 15.8 Å². The van der Waals surface area contributed by atoms with Gasteiger partial charge in [0.1, 0.15) is 5.82 Å². The van der Waals surface area contributed by atoms with Crippen LogP contribution in [0, 0.1) is 19.7 Å². The Labute approximate surface area is 170 Å². The van der Waals surface area contributed by atoms with Crippen LogP contribution in [0.1, 0.15) is 16.7 Å². The molecular formula is C19H23ClFN5S. The Kier molecular flexibility index (Phi) is 6.98. The maximum Gasteiger partial charge on any atom is 0.196 e. The molecule has 0 unspecified atom stereocenters. The van der Waals surface area contributed by atoms with Gasteiger partial charge in [-0.3, -0.25) is 0 Å². The van der Waals surface area contributed by atoms with Crippen molar-refractivity contribution in [3.8, 4) is 0 Å². The lowest BCUT2D eigenvalue weighted by atomic mass is 10.1. The summed E-state index contributed by atoms with van der Waals surface area (Å²) in [6, 6.07) is 10.4. The van der Waals surface area contributed by atoms with Gasteiger partial charge in [0.15, 0.2) is 11.1 Å². The summed E-state index contributed by atoms with van der Waals surface area (Å²) in [6.45, 7) is 6.26. The van der Waals surface area contributed by atoms with Gasteiger partial charge in [-0.2, -0.15) is 0 Å². The van der Waals surface area contributed by atoms with Gasteiger partial charge in [0.2, 0.25) is 0 Å². The van der Waals surface area contributed by atoms with Crippen molar-refractivity contribution in [2.75, 3.05) is 18.0 Å². The first-order valence-electron chi connectivity index (χ1n) is 8.43. The third-order valence-electron chi connectivity index (χ3n) is 4.24. The van der Waals surface area contributed by atoms with Gasteiger partial charge in [-0.25, -0.2) is 9.38 Å². The van der Waals surface area contributed by atoms with Gasteiger partial charge in [0.05, 0.1) is 12.2 Å². The molecule has 3 rings (SSSR count). The third-order valence-corrected chi connectivity index (χ3v) is 4.46. The van der Waals surface area contributed by atoms with Gasteiger partial charge in [0.25, 0.3) is 0 Å². The number of guanidine groups is 1. The highest BCUT2D eigenvalue weighted by molar-refractivity contribution is 7.80. The quantitative estimate of drug-likeness (QED) is 0.679. The fraction of sp³-hybridized carbons (Fsp3) is 0.263. The van der Waals surface area contributed by atoms with E-state index in [1.807, 2.05) is 30.9 Å². The Morgan fingerprint density at radius 2 is 1.70 bits per heavy atom. The molecule has 0 saturated carbocycles. The van der Waals surface area contributed by atoms with Crippen LogP contribution >= 0.6 is 24.6 Å². The lowest BCUT2D eigenvalue weighted by Crippen LogP contribution is -2.35. The topological polar surface area (TPSA) is 65.7 Å². The largest absolute Gasteiger partial charge is 0.376 e. The number of aliphatic imine (C=N–C) groups is 1. The molecule has 1 aliphatic rings. The second-order valence-corrected chi connectivity index (χ2v) is 6.71. The lowest BCUT2D eigenvalue weighted by molar-refractivity contribution is 0.627. The monoisotopic (exact) mass is 407 g/mol. The zero-order valence-corrected chi connectivity index (χ0v) is 16.9. The standard InChI is InChI=1S/C19H22FN5S.ClH/c1-12-9-16(10-13(2)17(12)24-19-22-7-8-23-19)25(18(21)26)11-14-3-5-15(20)6-4-14;/h3-6,9-10H,7-8,11H2,1-2H3,(H2,21,26)(H2,22,23,24);1H. The van der Waals surface area contributed by atoms with E-state index in [1.54, 1.807) is 12.1 Å². The minimum Gasteiger partial charge on any atom is -0.376 e. The van der Waals surface area contributed by atoms with Crippen molar-refractivity contribution in [2.24, 2.45) is 10.7 Å². The molecule has 2 aromatic carbocycles. The molecule has 0 aromatic heterocycles. The van der Waals surface area contributed by atoms with Crippen LogP contribution in [0.5, 0.6) is 0 Å².